The number of oxime groups is 1. The van der Waals surface area contributed by atoms with Crippen LogP contribution in [0, 0.1) is 17.0 Å². The summed E-state index contributed by atoms with van der Waals surface area (Å²) in [7, 11) is 0. The van der Waals surface area contributed by atoms with Crippen LogP contribution in [0.4, 0.5) is 17.1 Å². The molecule has 1 amide bonds. The third-order valence-corrected chi connectivity index (χ3v) is 7.53. The summed E-state index contributed by atoms with van der Waals surface area (Å²) in [6, 6.07) is 25.2. The lowest BCUT2D eigenvalue weighted by atomic mass is 10.1. The van der Waals surface area contributed by atoms with Gasteiger partial charge in [-0.15, -0.1) is 0 Å². The van der Waals surface area contributed by atoms with Gasteiger partial charge in [0.1, 0.15) is 11.4 Å². The second kappa shape index (κ2) is 9.76. The minimum atomic E-state index is -1.42. The molecule has 0 aliphatic carbocycles. The molecule has 11 heteroatoms. The van der Waals surface area contributed by atoms with Crippen molar-refractivity contribution in [2.75, 3.05) is 15.6 Å². The zero-order valence-electron chi connectivity index (χ0n) is 20.6. The Labute approximate surface area is 227 Å². The SMILES string of the molecule is Cc1noc(/C=C/c2ccccc2)c1N1C(=O)CSC12ON=C(c1ccc([N+](=O)[O-])cc1)N2c1ccccc1. The molecule has 3 heterocycles. The summed E-state index contributed by atoms with van der Waals surface area (Å²) in [6.07, 6.45) is 3.65. The van der Waals surface area contributed by atoms with E-state index >= 15 is 0 Å². The van der Waals surface area contributed by atoms with Gasteiger partial charge < -0.3 is 9.36 Å². The predicted molar refractivity (Wildman–Crippen MR) is 149 cm³/mol. The molecule has 1 saturated heterocycles. The van der Waals surface area contributed by atoms with E-state index in [0.29, 0.717) is 28.5 Å². The van der Waals surface area contributed by atoms with Crippen molar-refractivity contribution in [1.82, 2.24) is 5.16 Å². The number of benzene rings is 3. The normalized spacial score (nSPS) is 18.7. The lowest BCUT2D eigenvalue weighted by molar-refractivity contribution is -0.384. The molecule has 6 rings (SSSR count). The molecule has 194 valence electrons. The molecule has 0 radical (unpaired) electrons. The third kappa shape index (κ3) is 4.22. The second-order valence-corrected chi connectivity index (χ2v) is 9.88. The number of nitro groups is 1. The van der Waals surface area contributed by atoms with Crippen molar-refractivity contribution in [1.29, 1.82) is 0 Å². The van der Waals surface area contributed by atoms with E-state index in [9.17, 15) is 14.9 Å². The van der Waals surface area contributed by atoms with Crippen molar-refractivity contribution in [3.8, 4) is 0 Å². The number of nitrogens with zero attached hydrogens (tertiary/aromatic N) is 5. The average molecular weight is 540 g/mol. The highest BCUT2D eigenvalue weighted by molar-refractivity contribution is 8.02. The fraction of sp³-hybridized carbons (Fsp3) is 0.107. The minimum absolute atomic E-state index is 0.0405. The Morgan fingerprint density at radius 1 is 0.974 bits per heavy atom. The molecular weight excluding hydrogens is 518 g/mol. The van der Waals surface area contributed by atoms with E-state index in [4.69, 9.17) is 9.36 Å². The molecule has 1 aromatic heterocycles. The molecule has 3 aromatic carbocycles. The number of nitro benzene ring substituents is 1. The Kier molecular flexibility index (Phi) is 6.12. The molecule has 1 unspecified atom stereocenters. The highest BCUT2D eigenvalue weighted by Gasteiger charge is 2.61. The molecule has 0 N–H and O–H groups in total. The van der Waals surface area contributed by atoms with Crippen LogP contribution < -0.4 is 9.80 Å². The summed E-state index contributed by atoms with van der Waals surface area (Å²) in [5, 5.41) is 18.4. The number of anilines is 2. The molecular formula is C28H21N5O5S. The first kappa shape index (κ1) is 24.4. The summed E-state index contributed by atoms with van der Waals surface area (Å²) >= 11 is 1.27. The largest absolute Gasteiger partial charge is 0.354 e. The van der Waals surface area contributed by atoms with Crippen LogP contribution in [0.3, 0.4) is 0 Å². The Morgan fingerprint density at radius 2 is 1.67 bits per heavy atom. The zero-order valence-corrected chi connectivity index (χ0v) is 21.4. The van der Waals surface area contributed by atoms with Crippen LogP contribution in [0.1, 0.15) is 22.6 Å². The standard InChI is InChI=1S/C28H21N5O5S/c1-19-26(24(37-29-19)17-12-20-8-4-2-5-9-20)32-25(34)18-39-28(32)31(22-10-6-3-7-11-22)27(30-38-28)21-13-15-23(16-14-21)33(35)36/h2-17H,18H2,1H3/b17-12+. The Balaban J connectivity index is 1.46. The molecule has 2 aliphatic heterocycles. The summed E-state index contributed by atoms with van der Waals surface area (Å²) < 4.78 is 5.65. The quantitative estimate of drug-likeness (QED) is 0.228. The fourth-order valence-corrected chi connectivity index (χ4v) is 5.71. The van der Waals surface area contributed by atoms with Crippen LogP contribution in [-0.2, 0) is 9.63 Å². The first-order valence-corrected chi connectivity index (χ1v) is 13.0. The lowest BCUT2D eigenvalue weighted by Gasteiger charge is -2.38. The fourth-order valence-electron chi connectivity index (χ4n) is 4.53. The number of non-ortho nitro benzene ring substituents is 1. The van der Waals surface area contributed by atoms with Crippen molar-refractivity contribution in [2.45, 2.75) is 12.1 Å². The number of aryl methyl sites for hydroxylation is 1. The number of carbonyl (C=O) groups excluding carboxylic acids is 1. The number of hydrogen-bond donors (Lipinski definition) is 0. The summed E-state index contributed by atoms with van der Waals surface area (Å²) in [5.41, 5.74) is 3.21. The van der Waals surface area contributed by atoms with Gasteiger partial charge in [0.25, 0.3) is 5.69 Å². The van der Waals surface area contributed by atoms with Crippen LogP contribution in [0.15, 0.2) is 94.6 Å². The van der Waals surface area contributed by atoms with E-state index in [1.165, 1.54) is 28.8 Å². The maximum Gasteiger partial charge on any atom is 0.352 e. The number of amidine groups is 1. The smallest absolute Gasteiger partial charge is 0.352 e. The molecule has 10 nitrogen and oxygen atoms in total. The van der Waals surface area contributed by atoms with Crippen molar-refractivity contribution in [3.05, 3.63) is 118 Å². The monoisotopic (exact) mass is 539 g/mol. The number of rotatable bonds is 6. The van der Waals surface area contributed by atoms with Gasteiger partial charge in [0.15, 0.2) is 11.6 Å². The van der Waals surface area contributed by atoms with Gasteiger partial charge in [-0.1, -0.05) is 76.7 Å². The molecule has 0 saturated carbocycles. The van der Waals surface area contributed by atoms with Crippen LogP contribution in [0.5, 0.6) is 0 Å². The molecule has 1 fully saturated rings. The zero-order chi connectivity index (χ0) is 27.0. The van der Waals surface area contributed by atoms with Gasteiger partial charge in [-0.3, -0.25) is 19.8 Å². The van der Waals surface area contributed by atoms with Crippen LogP contribution in [-0.4, -0.2) is 32.8 Å². The van der Waals surface area contributed by atoms with Crippen LogP contribution >= 0.6 is 11.8 Å². The van der Waals surface area contributed by atoms with Crippen LogP contribution in [0.25, 0.3) is 12.2 Å². The summed E-state index contributed by atoms with van der Waals surface area (Å²) in [6.45, 7) is 1.77. The van der Waals surface area contributed by atoms with Gasteiger partial charge in [-0.05, 0) is 42.8 Å². The van der Waals surface area contributed by atoms with Gasteiger partial charge >= 0.3 is 5.18 Å². The number of aromatic nitrogens is 1. The molecule has 1 spiro atoms. The Bertz CT molecular complexity index is 1600. The van der Waals surface area contributed by atoms with E-state index in [2.05, 4.69) is 10.3 Å². The minimum Gasteiger partial charge on any atom is -0.354 e. The van der Waals surface area contributed by atoms with Gasteiger partial charge in [0, 0.05) is 23.4 Å². The predicted octanol–water partition coefficient (Wildman–Crippen LogP) is 5.65. The first-order chi connectivity index (χ1) is 19.0. The third-order valence-electron chi connectivity index (χ3n) is 6.32. The van der Waals surface area contributed by atoms with Gasteiger partial charge in [0.05, 0.1) is 10.7 Å². The number of amides is 1. The van der Waals surface area contributed by atoms with Gasteiger partial charge in [0.2, 0.25) is 5.91 Å². The van der Waals surface area contributed by atoms with Crippen LogP contribution in [0.2, 0.25) is 0 Å². The van der Waals surface area contributed by atoms with E-state index in [-0.39, 0.29) is 17.3 Å². The molecule has 1 atom stereocenters. The summed E-state index contributed by atoms with van der Waals surface area (Å²) in [4.78, 5) is 33.8. The number of para-hydroxylation sites is 1. The van der Waals surface area contributed by atoms with Crippen molar-refractivity contribution >= 4 is 52.7 Å². The summed E-state index contributed by atoms with van der Waals surface area (Å²) in [5.74, 6) is 0.714. The maximum absolute atomic E-state index is 13.5. The highest BCUT2D eigenvalue weighted by atomic mass is 32.2. The number of thioether (sulfide) groups is 1. The Hall–Kier alpha value is -4.90. The van der Waals surface area contributed by atoms with E-state index in [1.54, 1.807) is 25.1 Å². The van der Waals surface area contributed by atoms with Gasteiger partial charge in [-0.2, -0.15) is 0 Å². The second-order valence-electron chi connectivity index (χ2n) is 8.77. The molecule has 4 aromatic rings. The van der Waals surface area contributed by atoms with Crippen molar-refractivity contribution in [3.63, 3.8) is 0 Å². The van der Waals surface area contributed by atoms with Crippen molar-refractivity contribution in [2.24, 2.45) is 5.16 Å². The lowest BCUT2D eigenvalue weighted by Crippen LogP contribution is -2.57. The molecule has 39 heavy (non-hydrogen) atoms. The molecule has 0 bridgehead atoms. The number of carbonyl (C=O) groups is 1. The van der Waals surface area contributed by atoms with E-state index in [0.717, 1.165) is 11.3 Å². The first-order valence-electron chi connectivity index (χ1n) is 12.0. The average Bonchev–Trinajstić information content (AvgIpc) is 3.63. The van der Waals surface area contributed by atoms with E-state index < -0.39 is 10.1 Å². The Morgan fingerprint density at radius 3 is 2.36 bits per heavy atom. The maximum atomic E-state index is 13.5. The molecule has 2 aliphatic rings. The van der Waals surface area contributed by atoms with Gasteiger partial charge in [-0.25, -0.2) is 4.90 Å². The number of hydrogen-bond acceptors (Lipinski definition) is 9. The highest BCUT2D eigenvalue weighted by Crippen LogP contribution is 2.50. The van der Waals surface area contributed by atoms with Crippen molar-refractivity contribution < 1.29 is 19.1 Å². The topological polar surface area (TPSA) is 114 Å². The van der Waals surface area contributed by atoms with E-state index in [1.807, 2.05) is 71.6 Å².